The van der Waals surface area contributed by atoms with Crippen molar-refractivity contribution in [3.8, 4) is 11.3 Å². The summed E-state index contributed by atoms with van der Waals surface area (Å²) in [6.45, 7) is 1.92. The highest BCUT2D eigenvalue weighted by Crippen LogP contribution is 2.25. The van der Waals surface area contributed by atoms with E-state index in [0.29, 0.717) is 22.5 Å². The lowest BCUT2D eigenvalue weighted by molar-refractivity contribution is -0.116. The van der Waals surface area contributed by atoms with Crippen molar-refractivity contribution in [2.75, 3.05) is 18.9 Å². The van der Waals surface area contributed by atoms with E-state index in [0.717, 1.165) is 16.5 Å². The molecule has 4 rings (SSSR count). The van der Waals surface area contributed by atoms with E-state index in [1.165, 1.54) is 4.90 Å². The molecule has 0 unspecified atom stereocenters. The minimum absolute atomic E-state index is 0.0639. The summed E-state index contributed by atoms with van der Waals surface area (Å²) < 4.78 is 0. The van der Waals surface area contributed by atoms with Crippen LogP contribution in [0.3, 0.4) is 0 Å². The third kappa shape index (κ3) is 4.59. The Balaban J connectivity index is 1.60. The predicted octanol–water partition coefficient (Wildman–Crippen LogP) is 4.32. The minimum atomic E-state index is -0.259. The third-order valence-electron chi connectivity index (χ3n) is 4.97. The van der Waals surface area contributed by atoms with E-state index in [9.17, 15) is 9.59 Å². The number of rotatable bonds is 5. The molecule has 0 aliphatic heterocycles. The van der Waals surface area contributed by atoms with E-state index >= 15 is 0 Å². The molecule has 31 heavy (non-hydrogen) atoms. The monoisotopic (exact) mass is 410 g/mol. The van der Waals surface area contributed by atoms with Crippen LogP contribution in [0.1, 0.15) is 15.9 Å². The van der Waals surface area contributed by atoms with Gasteiger partial charge in [-0.2, -0.15) is 0 Å². The smallest absolute Gasteiger partial charge is 0.254 e. The first-order valence-electron chi connectivity index (χ1n) is 9.93. The molecule has 0 atom stereocenters. The third-order valence-corrected chi connectivity index (χ3v) is 4.97. The van der Waals surface area contributed by atoms with Gasteiger partial charge in [-0.05, 0) is 43.3 Å². The molecule has 154 valence electrons. The lowest BCUT2D eigenvalue weighted by Crippen LogP contribution is -2.35. The fourth-order valence-corrected chi connectivity index (χ4v) is 3.34. The van der Waals surface area contributed by atoms with Gasteiger partial charge in [0.05, 0.1) is 23.3 Å². The van der Waals surface area contributed by atoms with Gasteiger partial charge in [-0.15, -0.1) is 0 Å². The van der Waals surface area contributed by atoms with Gasteiger partial charge in [0.15, 0.2) is 0 Å². The molecule has 2 amide bonds. The molecule has 2 aromatic carbocycles. The zero-order valence-electron chi connectivity index (χ0n) is 17.4. The Morgan fingerprint density at radius 3 is 2.52 bits per heavy atom. The second kappa shape index (κ2) is 8.75. The van der Waals surface area contributed by atoms with Gasteiger partial charge in [0.1, 0.15) is 0 Å². The van der Waals surface area contributed by atoms with E-state index in [4.69, 9.17) is 0 Å². The van der Waals surface area contributed by atoms with Crippen molar-refractivity contribution in [3.63, 3.8) is 0 Å². The van der Waals surface area contributed by atoms with E-state index in [1.54, 1.807) is 25.5 Å². The largest absolute Gasteiger partial charge is 0.332 e. The number of aryl methyl sites for hydroxylation is 1. The molecular formula is C25H22N4O2. The predicted molar refractivity (Wildman–Crippen MR) is 122 cm³/mol. The van der Waals surface area contributed by atoms with Gasteiger partial charge in [-0.3, -0.25) is 14.6 Å². The van der Waals surface area contributed by atoms with Gasteiger partial charge in [0.25, 0.3) is 5.91 Å². The number of fused-ring (bicyclic) bond motifs is 1. The van der Waals surface area contributed by atoms with Crippen molar-refractivity contribution in [2.24, 2.45) is 0 Å². The van der Waals surface area contributed by atoms with Crippen LogP contribution in [0.4, 0.5) is 5.69 Å². The molecule has 0 saturated heterocycles. The number of likely N-dealkylation sites (N-methyl/N-ethyl adjacent to an activating group) is 1. The molecule has 0 aliphatic rings. The van der Waals surface area contributed by atoms with Crippen LogP contribution in [0, 0.1) is 6.92 Å². The number of hydrogen-bond donors (Lipinski definition) is 1. The molecule has 2 heterocycles. The normalized spacial score (nSPS) is 10.6. The van der Waals surface area contributed by atoms with E-state index < -0.39 is 0 Å². The van der Waals surface area contributed by atoms with Crippen LogP contribution in [0.5, 0.6) is 0 Å². The first-order valence-corrected chi connectivity index (χ1v) is 9.93. The number of aromatic nitrogens is 2. The van der Waals surface area contributed by atoms with Crippen LogP contribution >= 0.6 is 0 Å². The summed E-state index contributed by atoms with van der Waals surface area (Å²) >= 11 is 0. The summed E-state index contributed by atoms with van der Waals surface area (Å²) in [7, 11) is 1.62. The quantitative estimate of drug-likeness (QED) is 0.532. The number of para-hydroxylation sites is 1. The second-order valence-corrected chi connectivity index (χ2v) is 7.39. The number of carbonyl (C=O) groups is 2. The Bertz CT molecular complexity index is 1240. The van der Waals surface area contributed by atoms with Crippen LogP contribution in [-0.2, 0) is 4.79 Å². The van der Waals surface area contributed by atoms with E-state index in [2.05, 4.69) is 15.3 Å². The maximum absolute atomic E-state index is 13.3. The van der Waals surface area contributed by atoms with Crippen LogP contribution in [0.2, 0.25) is 0 Å². The molecule has 0 bridgehead atoms. The van der Waals surface area contributed by atoms with Gasteiger partial charge >= 0.3 is 0 Å². The molecule has 0 spiro atoms. The Morgan fingerprint density at radius 2 is 1.77 bits per heavy atom. The number of anilines is 1. The van der Waals surface area contributed by atoms with E-state index in [-0.39, 0.29) is 18.4 Å². The maximum Gasteiger partial charge on any atom is 0.254 e. The number of nitrogens with one attached hydrogen (secondary N) is 1. The molecule has 0 radical (unpaired) electrons. The van der Waals surface area contributed by atoms with Gasteiger partial charge in [0, 0.05) is 36.1 Å². The van der Waals surface area contributed by atoms with Gasteiger partial charge in [-0.1, -0.05) is 35.9 Å². The number of amides is 2. The Labute approximate surface area is 180 Å². The molecule has 1 N–H and O–H groups in total. The maximum atomic E-state index is 13.3. The molecular weight excluding hydrogens is 388 g/mol. The van der Waals surface area contributed by atoms with Crippen LogP contribution < -0.4 is 5.32 Å². The molecule has 0 fully saturated rings. The fourth-order valence-electron chi connectivity index (χ4n) is 3.34. The SMILES string of the molecule is Cc1ccc(NC(=O)CN(C)C(=O)c2cc(-c3cccnc3)nc3ccccc23)cc1. The fraction of sp³-hybridized carbons (Fsp3) is 0.120. The molecule has 2 aromatic heterocycles. The molecule has 6 heteroatoms. The summed E-state index contributed by atoms with van der Waals surface area (Å²) in [6, 6.07) is 20.5. The Kier molecular flexibility index (Phi) is 5.71. The molecule has 6 nitrogen and oxygen atoms in total. The average Bonchev–Trinajstić information content (AvgIpc) is 2.80. The zero-order valence-corrected chi connectivity index (χ0v) is 17.4. The lowest BCUT2D eigenvalue weighted by Gasteiger charge is -2.18. The molecule has 0 saturated carbocycles. The van der Waals surface area contributed by atoms with Crippen molar-refractivity contribution in [3.05, 3.63) is 90.3 Å². The van der Waals surface area contributed by atoms with E-state index in [1.807, 2.05) is 67.6 Å². The lowest BCUT2D eigenvalue weighted by atomic mass is 10.0. The first-order chi connectivity index (χ1) is 15.0. The van der Waals surface area contributed by atoms with Gasteiger partial charge in [0.2, 0.25) is 5.91 Å². The Hall–Kier alpha value is -4.06. The molecule has 0 aliphatic carbocycles. The van der Waals surface area contributed by atoms with Crippen LogP contribution in [0.25, 0.3) is 22.2 Å². The minimum Gasteiger partial charge on any atom is -0.332 e. The van der Waals surface area contributed by atoms with Crippen molar-refractivity contribution in [2.45, 2.75) is 6.92 Å². The Morgan fingerprint density at radius 1 is 1.00 bits per heavy atom. The standard InChI is InChI=1S/C25H22N4O2/c1-17-9-11-19(12-10-17)27-24(30)16-29(2)25(31)21-14-23(18-6-5-13-26-15-18)28-22-8-4-3-7-20(21)22/h3-15H,16H2,1-2H3,(H,27,30). The van der Waals surface area contributed by atoms with Crippen molar-refractivity contribution < 1.29 is 9.59 Å². The first kappa shape index (κ1) is 20.2. The number of benzene rings is 2. The number of carbonyl (C=O) groups excluding carboxylic acids is 2. The second-order valence-electron chi connectivity index (χ2n) is 7.39. The number of nitrogens with zero attached hydrogens (tertiary/aromatic N) is 3. The highest BCUT2D eigenvalue weighted by Gasteiger charge is 2.19. The van der Waals surface area contributed by atoms with Crippen LogP contribution in [0.15, 0.2) is 79.1 Å². The summed E-state index contributed by atoms with van der Waals surface area (Å²) in [4.78, 5) is 36.0. The summed E-state index contributed by atoms with van der Waals surface area (Å²) in [5, 5.41) is 3.57. The van der Waals surface area contributed by atoms with Crippen molar-refractivity contribution in [1.29, 1.82) is 0 Å². The highest BCUT2D eigenvalue weighted by atomic mass is 16.2. The number of hydrogen-bond acceptors (Lipinski definition) is 4. The summed E-state index contributed by atoms with van der Waals surface area (Å²) in [5.74, 6) is -0.506. The van der Waals surface area contributed by atoms with Crippen molar-refractivity contribution >= 4 is 28.4 Å². The highest BCUT2D eigenvalue weighted by molar-refractivity contribution is 6.08. The van der Waals surface area contributed by atoms with Gasteiger partial charge in [-0.25, -0.2) is 4.98 Å². The molecule has 4 aromatic rings. The summed E-state index contributed by atoms with van der Waals surface area (Å²) in [5.41, 5.74) is 4.50. The average molecular weight is 410 g/mol. The number of pyridine rings is 2. The van der Waals surface area contributed by atoms with Crippen molar-refractivity contribution in [1.82, 2.24) is 14.9 Å². The topological polar surface area (TPSA) is 75.2 Å². The van der Waals surface area contributed by atoms with Crippen LogP contribution in [-0.4, -0.2) is 40.3 Å². The summed E-state index contributed by atoms with van der Waals surface area (Å²) in [6.07, 6.45) is 3.40. The zero-order chi connectivity index (χ0) is 21.8. The van der Waals surface area contributed by atoms with Gasteiger partial charge < -0.3 is 10.2 Å².